The summed E-state index contributed by atoms with van der Waals surface area (Å²) in [6, 6.07) is 15.9. The zero-order valence-corrected chi connectivity index (χ0v) is 17.0. The number of imidazole rings is 1. The van der Waals surface area contributed by atoms with Gasteiger partial charge in [-0.1, -0.05) is 38.1 Å². The Hall–Kier alpha value is -2.82. The standard InChI is InChI=1S/C23H29N3O2/c1-4-13-25(14-5-2)23(27)16-26-21-12-7-6-11-20(21)24-22(26)17-28-19-10-8-9-18(3)15-19/h6-12,15H,4-5,13-14,16-17H2,1-3H3. The van der Waals surface area contributed by atoms with Crippen LogP contribution in [-0.2, 0) is 17.9 Å². The van der Waals surface area contributed by atoms with E-state index in [1.165, 1.54) is 0 Å². The Balaban J connectivity index is 1.85. The Morgan fingerprint density at radius 1 is 1.07 bits per heavy atom. The minimum absolute atomic E-state index is 0.128. The van der Waals surface area contributed by atoms with Crippen molar-refractivity contribution in [2.24, 2.45) is 0 Å². The lowest BCUT2D eigenvalue weighted by atomic mass is 10.2. The fourth-order valence-electron chi connectivity index (χ4n) is 3.40. The highest BCUT2D eigenvalue weighted by Crippen LogP contribution is 2.19. The number of para-hydroxylation sites is 2. The molecule has 1 amide bonds. The van der Waals surface area contributed by atoms with Gasteiger partial charge in [-0.3, -0.25) is 4.79 Å². The molecule has 1 aromatic heterocycles. The molecule has 0 saturated carbocycles. The van der Waals surface area contributed by atoms with Crippen LogP contribution in [0.25, 0.3) is 11.0 Å². The molecule has 0 aliphatic heterocycles. The van der Waals surface area contributed by atoms with Crippen LogP contribution < -0.4 is 4.74 Å². The third-order valence-corrected chi connectivity index (χ3v) is 4.72. The Labute approximate surface area is 166 Å². The highest BCUT2D eigenvalue weighted by molar-refractivity contribution is 5.81. The Morgan fingerprint density at radius 3 is 2.54 bits per heavy atom. The van der Waals surface area contributed by atoms with E-state index in [1.807, 2.05) is 64.9 Å². The van der Waals surface area contributed by atoms with Crippen LogP contribution in [0.15, 0.2) is 48.5 Å². The SMILES string of the molecule is CCCN(CCC)C(=O)Cn1c(COc2cccc(C)c2)nc2ccccc21. The highest BCUT2D eigenvalue weighted by Gasteiger charge is 2.18. The second-order valence-electron chi connectivity index (χ2n) is 7.09. The number of aromatic nitrogens is 2. The molecule has 0 atom stereocenters. The maximum Gasteiger partial charge on any atom is 0.242 e. The molecular weight excluding hydrogens is 350 g/mol. The zero-order valence-electron chi connectivity index (χ0n) is 17.0. The van der Waals surface area contributed by atoms with Crippen molar-refractivity contribution in [1.82, 2.24) is 14.5 Å². The van der Waals surface area contributed by atoms with Crippen molar-refractivity contribution in [3.8, 4) is 5.75 Å². The van der Waals surface area contributed by atoms with E-state index in [1.54, 1.807) is 0 Å². The number of fused-ring (bicyclic) bond motifs is 1. The number of ether oxygens (including phenoxy) is 1. The molecule has 0 fully saturated rings. The molecule has 0 bridgehead atoms. The lowest BCUT2D eigenvalue weighted by Gasteiger charge is -2.22. The number of benzene rings is 2. The van der Waals surface area contributed by atoms with Crippen molar-refractivity contribution in [1.29, 1.82) is 0 Å². The van der Waals surface area contributed by atoms with Gasteiger partial charge < -0.3 is 14.2 Å². The average molecular weight is 380 g/mol. The van der Waals surface area contributed by atoms with E-state index in [9.17, 15) is 4.79 Å². The van der Waals surface area contributed by atoms with E-state index < -0.39 is 0 Å². The molecule has 5 nitrogen and oxygen atoms in total. The number of carbonyl (C=O) groups is 1. The number of rotatable bonds is 9. The normalized spacial score (nSPS) is 11.0. The molecule has 0 aliphatic rings. The molecule has 3 rings (SSSR count). The number of hydrogen-bond donors (Lipinski definition) is 0. The first-order valence-corrected chi connectivity index (χ1v) is 10.0. The van der Waals surface area contributed by atoms with Crippen LogP contribution in [-0.4, -0.2) is 33.4 Å². The van der Waals surface area contributed by atoms with E-state index in [0.717, 1.165) is 54.1 Å². The summed E-state index contributed by atoms with van der Waals surface area (Å²) in [5, 5.41) is 0. The van der Waals surface area contributed by atoms with Gasteiger partial charge in [0.25, 0.3) is 0 Å². The molecule has 3 aromatic rings. The summed E-state index contributed by atoms with van der Waals surface area (Å²) in [6.45, 7) is 8.42. The van der Waals surface area contributed by atoms with Gasteiger partial charge in [0.15, 0.2) is 0 Å². The van der Waals surface area contributed by atoms with Gasteiger partial charge >= 0.3 is 0 Å². The van der Waals surface area contributed by atoms with Gasteiger partial charge in [0.05, 0.1) is 11.0 Å². The first-order valence-electron chi connectivity index (χ1n) is 10.0. The molecule has 5 heteroatoms. The molecule has 0 aliphatic carbocycles. The Morgan fingerprint density at radius 2 is 1.82 bits per heavy atom. The van der Waals surface area contributed by atoms with Gasteiger partial charge in [-0.05, 0) is 49.6 Å². The van der Waals surface area contributed by atoms with Crippen LogP contribution >= 0.6 is 0 Å². The predicted molar refractivity (Wildman–Crippen MR) is 112 cm³/mol. The van der Waals surface area contributed by atoms with E-state index >= 15 is 0 Å². The minimum atomic E-state index is 0.128. The van der Waals surface area contributed by atoms with E-state index in [4.69, 9.17) is 9.72 Å². The lowest BCUT2D eigenvalue weighted by molar-refractivity contribution is -0.131. The van der Waals surface area contributed by atoms with E-state index in [0.29, 0.717) is 6.61 Å². The average Bonchev–Trinajstić information content (AvgIpc) is 3.04. The summed E-state index contributed by atoms with van der Waals surface area (Å²) in [5.74, 6) is 1.70. The predicted octanol–water partition coefficient (Wildman–Crippen LogP) is 4.57. The first kappa shape index (κ1) is 19.9. The minimum Gasteiger partial charge on any atom is -0.486 e. The van der Waals surface area contributed by atoms with Crippen LogP contribution in [0.3, 0.4) is 0 Å². The van der Waals surface area contributed by atoms with Crippen molar-refractivity contribution in [3.63, 3.8) is 0 Å². The van der Waals surface area contributed by atoms with Crippen LogP contribution in [0.2, 0.25) is 0 Å². The highest BCUT2D eigenvalue weighted by atomic mass is 16.5. The molecule has 1 heterocycles. The summed E-state index contributed by atoms with van der Waals surface area (Å²) >= 11 is 0. The maximum atomic E-state index is 12.9. The molecule has 0 radical (unpaired) electrons. The summed E-state index contributed by atoms with van der Waals surface area (Å²) in [4.78, 5) is 19.6. The number of nitrogens with zero attached hydrogens (tertiary/aromatic N) is 3. The third kappa shape index (κ3) is 4.71. The van der Waals surface area contributed by atoms with Gasteiger partial charge in [0, 0.05) is 13.1 Å². The van der Waals surface area contributed by atoms with Gasteiger partial charge in [-0.15, -0.1) is 0 Å². The molecule has 0 saturated heterocycles. The van der Waals surface area contributed by atoms with Gasteiger partial charge in [-0.25, -0.2) is 4.98 Å². The van der Waals surface area contributed by atoms with Crippen LogP contribution in [0.4, 0.5) is 0 Å². The number of hydrogen-bond acceptors (Lipinski definition) is 3. The Bertz CT molecular complexity index is 926. The van der Waals surface area contributed by atoms with Crippen LogP contribution in [0, 0.1) is 6.92 Å². The van der Waals surface area contributed by atoms with Crippen molar-refractivity contribution in [3.05, 3.63) is 59.9 Å². The first-order chi connectivity index (χ1) is 13.6. The fraction of sp³-hybridized carbons (Fsp3) is 0.391. The quantitative estimate of drug-likeness (QED) is 0.547. The number of aryl methyl sites for hydroxylation is 1. The second-order valence-corrected chi connectivity index (χ2v) is 7.09. The topological polar surface area (TPSA) is 47.4 Å². The maximum absolute atomic E-state index is 12.9. The number of amides is 1. The fourth-order valence-corrected chi connectivity index (χ4v) is 3.40. The molecule has 0 spiro atoms. The smallest absolute Gasteiger partial charge is 0.242 e. The molecular formula is C23H29N3O2. The zero-order chi connectivity index (χ0) is 19.9. The second kappa shape index (κ2) is 9.40. The Kier molecular flexibility index (Phi) is 6.69. The summed E-state index contributed by atoms with van der Waals surface area (Å²) in [6.07, 6.45) is 1.92. The monoisotopic (exact) mass is 379 g/mol. The molecule has 2 aromatic carbocycles. The van der Waals surface area contributed by atoms with Crippen LogP contribution in [0.1, 0.15) is 38.1 Å². The lowest BCUT2D eigenvalue weighted by Crippen LogP contribution is -2.35. The third-order valence-electron chi connectivity index (χ3n) is 4.72. The number of carbonyl (C=O) groups excluding carboxylic acids is 1. The summed E-state index contributed by atoms with van der Waals surface area (Å²) in [7, 11) is 0. The van der Waals surface area contributed by atoms with E-state index in [-0.39, 0.29) is 12.5 Å². The van der Waals surface area contributed by atoms with Crippen molar-refractivity contribution < 1.29 is 9.53 Å². The molecule has 28 heavy (non-hydrogen) atoms. The van der Waals surface area contributed by atoms with Gasteiger partial charge in [0.1, 0.15) is 24.7 Å². The molecule has 0 unspecified atom stereocenters. The van der Waals surface area contributed by atoms with Gasteiger partial charge in [-0.2, -0.15) is 0 Å². The molecule has 0 N–H and O–H groups in total. The summed E-state index contributed by atoms with van der Waals surface area (Å²) in [5.41, 5.74) is 3.00. The van der Waals surface area contributed by atoms with Crippen molar-refractivity contribution in [2.75, 3.05) is 13.1 Å². The largest absolute Gasteiger partial charge is 0.486 e. The van der Waals surface area contributed by atoms with Crippen molar-refractivity contribution in [2.45, 2.75) is 46.8 Å². The van der Waals surface area contributed by atoms with Crippen molar-refractivity contribution >= 4 is 16.9 Å². The van der Waals surface area contributed by atoms with E-state index in [2.05, 4.69) is 13.8 Å². The molecule has 148 valence electrons. The van der Waals surface area contributed by atoms with Crippen LogP contribution in [0.5, 0.6) is 5.75 Å². The summed E-state index contributed by atoms with van der Waals surface area (Å²) < 4.78 is 7.96. The van der Waals surface area contributed by atoms with Gasteiger partial charge in [0.2, 0.25) is 5.91 Å².